The third-order valence-electron chi connectivity index (χ3n) is 3.73. The lowest BCUT2D eigenvalue weighted by molar-refractivity contribution is -0.179. The first-order valence-corrected chi connectivity index (χ1v) is 7.30. The second kappa shape index (κ2) is 6.64. The molecule has 1 aromatic heterocycles. The van der Waals surface area contributed by atoms with E-state index in [1.54, 1.807) is 4.90 Å². The van der Waals surface area contributed by atoms with Crippen molar-refractivity contribution in [3.63, 3.8) is 0 Å². The molecule has 1 atom stereocenters. The normalized spacial score (nSPS) is 19.0. The van der Waals surface area contributed by atoms with Crippen LogP contribution in [0, 0.1) is 5.92 Å². The number of halogens is 3. The van der Waals surface area contributed by atoms with Crippen LogP contribution in [0.3, 0.4) is 0 Å². The molecule has 1 aliphatic heterocycles. The maximum absolute atomic E-state index is 12.6. The van der Waals surface area contributed by atoms with Crippen molar-refractivity contribution in [2.24, 2.45) is 5.92 Å². The average Bonchev–Trinajstić information content (AvgIpc) is 2.94. The molecule has 0 aromatic carbocycles. The Labute approximate surface area is 121 Å². The maximum Gasteiger partial charge on any atom is 0.391 e. The SMILES string of the molecule is CCCNC(C)c1nnc(N2CCC(C(F)(F)F)CC2)o1. The molecule has 0 amide bonds. The molecule has 5 nitrogen and oxygen atoms in total. The zero-order chi connectivity index (χ0) is 15.5. The van der Waals surface area contributed by atoms with E-state index in [9.17, 15) is 13.2 Å². The second-order valence-electron chi connectivity index (χ2n) is 5.40. The minimum atomic E-state index is -4.11. The van der Waals surface area contributed by atoms with Gasteiger partial charge in [0.25, 0.3) is 0 Å². The highest BCUT2D eigenvalue weighted by atomic mass is 19.4. The number of nitrogens with zero attached hydrogens (tertiary/aromatic N) is 3. The van der Waals surface area contributed by atoms with Gasteiger partial charge in [-0.05, 0) is 32.7 Å². The van der Waals surface area contributed by atoms with Gasteiger partial charge in [0.15, 0.2) is 0 Å². The molecule has 1 aliphatic rings. The average molecular weight is 306 g/mol. The van der Waals surface area contributed by atoms with Crippen molar-refractivity contribution in [1.82, 2.24) is 15.5 Å². The smallest absolute Gasteiger partial charge is 0.391 e. The number of alkyl halides is 3. The van der Waals surface area contributed by atoms with Crippen LogP contribution in [0.2, 0.25) is 0 Å². The van der Waals surface area contributed by atoms with Gasteiger partial charge in [-0.25, -0.2) is 0 Å². The molecule has 0 spiro atoms. The molecule has 1 aromatic rings. The third kappa shape index (κ3) is 4.09. The molecule has 0 saturated carbocycles. The highest BCUT2D eigenvalue weighted by Crippen LogP contribution is 2.35. The van der Waals surface area contributed by atoms with E-state index in [2.05, 4.69) is 22.4 Å². The summed E-state index contributed by atoms with van der Waals surface area (Å²) in [5.74, 6) is -0.752. The Hall–Kier alpha value is -1.31. The molecule has 120 valence electrons. The van der Waals surface area contributed by atoms with Gasteiger partial charge in [-0.3, -0.25) is 0 Å². The largest absolute Gasteiger partial charge is 0.406 e. The molecule has 1 fully saturated rings. The van der Waals surface area contributed by atoms with Gasteiger partial charge in [-0.2, -0.15) is 13.2 Å². The monoisotopic (exact) mass is 306 g/mol. The lowest BCUT2D eigenvalue weighted by Gasteiger charge is -2.31. The van der Waals surface area contributed by atoms with E-state index in [0.29, 0.717) is 25.0 Å². The van der Waals surface area contributed by atoms with Crippen molar-refractivity contribution < 1.29 is 17.6 Å². The van der Waals surface area contributed by atoms with Crippen molar-refractivity contribution in [2.75, 3.05) is 24.5 Å². The molecule has 8 heteroatoms. The summed E-state index contributed by atoms with van der Waals surface area (Å²) in [6.07, 6.45) is -2.96. The van der Waals surface area contributed by atoms with Gasteiger partial charge in [-0.1, -0.05) is 12.0 Å². The quantitative estimate of drug-likeness (QED) is 0.906. The zero-order valence-electron chi connectivity index (χ0n) is 12.3. The number of hydrogen-bond acceptors (Lipinski definition) is 5. The van der Waals surface area contributed by atoms with Crippen LogP contribution < -0.4 is 10.2 Å². The maximum atomic E-state index is 12.6. The number of nitrogens with one attached hydrogen (secondary N) is 1. The predicted molar refractivity (Wildman–Crippen MR) is 72.0 cm³/mol. The highest BCUT2D eigenvalue weighted by molar-refractivity contribution is 5.25. The molecule has 2 heterocycles. The van der Waals surface area contributed by atoms with Crippen molar-refractivity contribution in [3.05, 3.63) is 5.89 Å². The topological polar surface area (TPSA) is 54.2 Å². The summed E-state index contributed by atoms with van der Waals surface area (Å²) in [6.45, 7) is 5.41. The molecule has 0 radical (unpaired) electrons. The number of piperidine rings is 1. The highest BCUT2D eigenvalue weighted by Gasteiger charge is 2.41. The van der Waals surface area contributed by atoms with Crippen molar-refractivity contribution in [1.29, 1.82) is 0 Å². The molecule has 0 bridgehead atoms. The van der Waals surface area contributed by atoms with E-state index in [-0.39, 0.29) is 18.9 Å². The Morgan fingerprint density at radius 2 is 2.00 bits per heavy atom. The van der Waals surface area contributed by atoms with Crippen LogP contribution in [0.4, 0.5) is 19.2 Å². The van der Waals surface area contributed by atoms with Gasteiger partial charge in [0.2, 0.25) is 5.89 Å². The van der Waals surface area contributed by atoms with E-state index in [1.807, 2.05) is 6.92 Å². The van der Waals surface area contributed by atoms with Crippen LogP contribution in [-0.4, -0.2) is 36.0 Å². The standard InChI is InChI=1S/C13H21F3N4O/c1-3-6-17-9(2)11-18-19-12(21-11)20-7-4-10(5-8-20)13(14,15)16/h9-10,17H,3-8H2,1-2H3. The van der Waals surface area contributed by atoms with Gasteiger partial charge in [0.05, 0.1) is 12.0 Å². The first kappa shape index (κ1) is 16.1. The number of aromatic nitrogens is 2. The fourth-order valence-corrected chi connectivity index (χ4v) is 2.38. The summed E-state index contributed by atoms with van der Waals surface area (Å²) in [6, 6.07) is 0.259. The number of hydrogen-bond donors (Lipinski definition) is 1. The van der Waals surface area contributed by atoms with Crippen LogP contribution in [0.25, 0.3) is 0 Å². The summed E-state index contributed by atoms with van der Waals surface area (Å²) in [5, 5.41) is 11.1. The van der Waals surface area contributed by atoms with E-state index >= 15 is 0 Å². The fourth-order valence-electron chi connectivity index (χ4n) is 2.38. The van der Waals surface area contributed by atoms with Crippen LogP contribution in [-0.2, 0) is 0 Å². The Balaban J connectivity index is 1.91. The van der Waals surface area contributed by atoms with Crippen molar-refractivity contribution in [2.45, 2.75) is 45.3 Å². The predicted octanol–water partition coefficient (Wildman–Crippen LogP) is 2.91. The summed E-state index contributed by atoms with van der Waals surface area (Å²) in [7, 11) is 0. The van der Waals surface area contributed by atoms with Crippen molar-refractivity contribution >= 4 is 6.01 Å². The van der Waals surface area contributed by atoms with Crippen LogP contribution in [0.15, 0.2) is 4.42 Å². The molecular weight excluding hydrogens is 285 g/mol. The van der Waals surface area contributed by atoms with E-state index in [4.69, 9.17) is 4.42 Å². The van der Waals surface area contributed by atoms with Crippen molar-refractivity contribution in [3.8, 4) is 0 Å². The summed E-state index contributed by atoms with van der Waals surface area (Å²) in [5.41, 5.74) is 0. The first-order chi connectivity index (χ1) is 9.91. The van der Waals surface area contributed by atoms with Gasteiger partial charge in [0, 0.05) is 13.1 Å². The van der Waals surface area contributed by atoms with E-state index in [0.717, 1.165) is 13.0 Å². The minimum Gasteiger partial charge on any atom is -0.406 e. The molecule has 1 unspecified atom stereocenters. The molecular formula is C13H21F3N4O. The van der Waals surface area contributed by atoms with E-state index < -0.39 is 12.1 Å². The fraction of sp³-hybridized carbons (Fsp3) is 0.846. The molecule has 2 rings (SSSR count). The van der Waals surface area contributed by atoms with Gasteiger partial charge in [0.1, 0.15) is 0 Å². The summed E-state index contributed by atoms with van der Waals surface area (Å²) in [4.78, 5) is 1.73. The van der Waals surface area contributed by atoms with E-state index in [1.165, 1.54) is 0 Å². The second-order valence-corrected chi connectivity index (χ2v) is 5.40. The third-order valence-corrected chi connectivity index (χ3v) is 3.73. The first-order valence-electron chi connectivity index (χ1n) is 7.30. The molecule has 1 N–H and O–H groups in total. The summed E-state index contributed by atoms with van der Waals surface area (Å²) < 4.78 is 43.4. The number of rotatable bonds is 5. The summed E-state index contributed by atoms with van der Waals surface area (Å²) >= 11 is 0. The van der Waals surface area contributed by atoms with Crippen LogP contribution in [0.5, 0.6) is 0 Å². The van der Waals surface area contributed by atoms with Gasteiger partial charge >= 0.3 is 12.2 Å². The van der Waals surface area contributed by atoms with Crippen LogP contribution >= 0.6 is 0 Å². The van der Waals surface area contributed by atoms with Crippen LogP contribution in [0.1, 0.15) is 45.0 Å². The minimum absolute atomic E-state index is 0.0566. The Kier molecular flexibility index (Phi) is 5.08. The van der Waals surface area contributed by atoms with Gasteiger partial charge < -0.3 is 14.6 Å². The lowest BCUT2D eigenvalue weighted by atomic mass is 9.97. The Morgan fingerprint density at radius 3 is 2.57 bits per heavy atom. The zero-order valence-corrected chi connectivity index (χ0v) is 12.3. The molecule has 21 heavy (non-hydrogen) atoms. The van der Waals surface area contributed by atoms with Gasteiger partial charge in [-0.15, -0.1) is 5.10 Å². The lowest BCUT2D eigenvalue weighted by Crippen LogP contribution is -2.39. The molecule has 0 aliphatic carbocycles. The Bertz CT molecular complexity index is 441. The molecule has 1 saturated heterocycles. The Morgan fingerprint density at radius 1 is 1.33 bits per heavy atom. The number of anilines is 1.